The molecule has 7 nitrogen and oxygen atoms in total. The Morgan fingerprint density at radius 3 is 2.44 bits per heavy atom. The third-order valence-corrected chi connectivity index (χ3v) is 10.7. The van der Waals surface area contributed by atoms with Crippen molar-refractivity contribution in [2.75, 3.05) is 24.6 Å². The van der Waals surface area contributed by atoms with Gasteiger partial charge in [-0.25, -0.2) is 9.78 Å². The molecule has 2 N–H and O–H groups in total. The monoisotopic (exact) mass is 513 g/mol. The number of carbonyl (C=O) groups is 2. The smallest absolute Gasteiger partial charge is 0.329 e. The third kappa shape index (κ3) is 5.26. The lowest BCUT2D eigenvalue weighted by Gasteiger charge is -2.54. The van der Waals surface area contributed by atoms with Crippen molar-refractivity contribution in [3.8, 4) is 0 Å². The second-order valence-electron chi connectivity index (χ2n) is 11.9. The maximum absolute atomic E-state index is 13.7. The molecule has 0 aromatic carbocycles. The van der Waals surface area contributed by atoms with Gasteiger partial charge >= 0.3 is 5.97 Å². The number of nitrogens with zero attached hydrogens (tertiary/aromatic N) is 2. The van der Waals surface area contributed by atoms with Crippen LogP contribution >= 0.6 is 11.8 Å². The van der Waals surface area contributed by atoms with Crippen LogP contribution in [0.1, 0.15) is 81.0 Å². The maximum atomic E-state index is 13.7. The second-order valence-corrected chi connectivity index (χ2v) is 13.2. The average Bonchev–Trinajstić information content (AvgIpc) is 3.34. The molecular weight excluding hydrogens is 474 g/mol. The molecule has 0 radical (unpaired) electrons. The van der Waals surface area contributed by atoms with Crippen LogP contribution in [0.15, 0.2) is 17.2 Å². The van der Waals surface area contributed by atoms with Gasteiger partial charge in [-0.3, -0.25) is 4.79 Å². The number of rotatable bonds is 8. The molecule has 196 valence electrons. The first kappa shape index (κ1) is 24.5. The van der Waals surface area contributed by atoms with Gasteiger partial charge < -0.3 is 20.1 Å². The number of thioether (sulfide) groups is 1. The van der Waals surface area contributed by atoms with E-state index in [2.05, 4.69) is 10.2 Å². The predicted octanol–water partition coefficient (Wildman–Crippen LogP) is 4.74. The summed E-state index contributed by atoms with van der Waals surface area (Å²) in [6, 6.07) is 4.27. The number of hydrogen-bond acceptors (Lipinski definition) is 6. The van der Waals surface area contributed by atoms with Gasteiger partial charge in [0.05, 0.1) is 11.7 Å². The van der Waals surface area contributed by atoms with Crippen molar-refractivity contribution in [2.45, 2.75) is 93.1 Å². The normalized spacial score (nSPS) is 33.7. The molecule has 2 heterocycles. The van der Waals surface area contributed by atoms with Crippen molar-refractivity contribution in [3.05, 3.63) is 17.7 Å². The largest absolute Gasteiger partial charge is 0.480 e. The van der Waals surface area contributed by atoms with Gasteiger partial charge in [-0.1, -0.05) is 19.3 Å². The number of carboxylic acids is 1. The fourth-order valence-corrected chi connectivity index (χ4v) is 9.18. The van der Waals surface area contributed by atoms with Crippen LogP contribution in [0.25, 0.3) is 0 Å². The lowest BCUT2D eigenvalue weighted by atomic mass is 9.54. The summed E-state index contributed by atoms with van der Waals surface area (Å²) in [7, 11) is 0. The fraction of sp³-hybridized carbons (Fsp3) is 0.750. The molecule has 36 heavy (non-hydrogen) atoms. The van der Waals surface area contributed by atoms with E-state index in [0.29, 0.717) is 29.7 Å². The van der Waals surface area contributed by atoms with Crippen LogP contribution in [0.2, 0.25) is 0 Å². The fourth-order valence-electron chi connectivity index (χ4n) is 7.86. The van der Waals surface area contributed by atoms with E-state index in [1.807, 2.05) is 12.1 Å². The standard InChI is InChI=1S/C28H39N3O4S/c32-25(33)16-35-21-8-9-31(15-21)24-7-6-23(28(29-24)36-22-4-2-1-3-5-22)27(34)30-26-19-11-17-10-18(13-19)14-20(26)12-17/h6-7,17-22,26H,1-5,8-16H2,(H,30,34)(H,32,33)/t17?,18?,19?,20?,21-,26?/m0/s1. The zero-order chi connectivity index (χ0) is 24.6. The van der Waals surface area contributed by atoms with Gasteiger partial charge in [0.15, 0.2) is 0 Å². The van der Waals surface area contributed by atoms with Crippen molar-refractivity contribution in [1.82, 2.24) is 10.3 Å². The lowest BCUT2D eigenvalue weighted by Crippen LogP contribution is -2.55. The summed E-state index contributed by atoms with van der Waals surface area (Å²) < 4.78 is 5.52. The Labute approximate surface area is 218 Å². The molecule has 0 unspecified atom stereocenters. The van der Waals surface area contributed by atoms with Crippen molar-refractivity contribution in [1.29, 1.82) is 0 Å². The first-order chi connectivity index (χ1) is 17.5. The Morgan fingerprint density at radius 2 is 1.75 bits per heavy atom. The molecule has 1 aliphatic heterocycles. The molecule has 1 saturated heterocycles. The number of anilines is 1. The summed E-state index contributed by atoms with van der Waals surface area (Å²) in [5.74, 6) is 3.06. The van der Waals surface area contributed by atoms with Crippen LogP contribution in [-0.2, 0) is 9.53 Å². The van der Waals surface area contributed by atoms with Gasteiger partial charge in [0, 0.05) is 24.4 Å². The summed E-state index contributed by atoms with van der Waals surface area (Å²) >= 11 is 1.79. The molecule has 8 heteroatoms. The number of pyridine rings is 1. The predicted molar refractivity (Wildman–Crippen MR) is 139 cm³/mol. The molecule has 7 rings (SSSR count). The van der Waals surface area contributed by atoms with Crippen molar-refractivity contribution < 1.29 is 19.4 Å². The molecule has 1 aromatic rings. The van der Waals surface area contributed by atoms with Crippen LogP contribution in [0, 0.1) is 23.7 Å². The van der Waals surface area contributed by atoms with Crippen LogP contribution < -0.4 is 10.2 Å². The van der Waals surface area contributed by atoms with Crippen LogP contribution in [0.3, 0.4) is 0 Å². The molecule has 1 atom stereocenters. The van der Waals surface area contributed by atoms with E-state index >= 15 is 0 Å². The van der Waals surface area contributed by atoms with E-state index in [1.165, 1.54) is 64.2 Å². The molecule has 4 bridgehead atoms. The van der Waals surface area contributed by atoms with E-state index in [0.717, 1.165) is 41.2 Å². The Hall–Kier alpha value is -1.80. The number of aromatic nitrogens is 1. The van der Waals surface area contributed by atoms with E-state index in [1.54, 1.807) is 11.8 Å². The molecule has 1 aromatic heterocycles. The number of amides is 1. The van der Waals surface area contributed by atoms with Crippen molar-refractivity contribution in [2.24, 2.45) is 23.7 Å². The molecular formula is C28H39N3O4S. The van der Waals surface area contributed by atoms with Crippen molar-refractivity contribution in [3.63, 3.8) is 0 Å². The van der Waals surface area contributed by atoms with Gasteiger partial charge in [0.25, 0.3) is 5.91 Å². The van der Waals surface area contributed by atoms with Crippen molar-refractivity contribution >= 4 is 29.5 Å². The number of aliphatic carboxylic acids is 1. The van der Waals surface area contributed by atoms with Crippen LogP contribution in [-0.4, -0.2) is 59.1 Å². The Morgan fingerprint density at radius 1 is 1.03 bits per heavy atom. The van der Waals surface area contributed by atoms with E-state index in [-0.39, 0.29) is 18.6 Å². The molecule has 1 amide bonds. The lowest BCUT2D eigenvalue weighted by molar-refractivity contribution is -0.143. The summed E-state index contributed by atoms with van der Waals surface area (Å²) in [6.07, 6.45) is 13.4. The number of hydrogen-bond donors (Lipinski definition) is 2. The van der Waals surface area contributed by atoms with E-state index in [9.17, 15) is 9.59 Å². The highest BCUT2D eigenvalue weighted by Gasteiger charge is 2.48. The second kappa shape index (κ2) is 10.5. The molecule has 0 spiro atoms. The first-order valence-corrected chi connectivity index (χ1v) is 15.0. The third-order valence-electron chi connectivity index (χ3n) is 9.36. The zero-order valence-electron chi connectivity index (χ0n) is 21.1. The zero-order valence-corrected chi connectivity index (χ0v) is 21.9. The maximum Gasteiger partial charge on any atom is 0.329 e. The van der Waals surface area contributed by atoms with Gasteiger partial charge in [-0.15, -0.1) is 11.8 Å². The topological polar surface area (TPSA) is 91.8 Å². The Balaban J connectivity index is 1.19. The summed E-state index contributed by atoms with van der Waals surface area (Å²) in [5.41, 5.74) is 0.723. The van der Waals surface area contributed by atoms with Gasteiger partial charge in [-0.05, 0) is 87.2 Å². The quantitative estimate of drug-likeness (QED) is 0.519. The minimum Gasteiger partial charge on any atom is -0.480 e. The summed E-state index contributed by atoms with van der Waals surface area (Å²) in [6.45, 7) is 1.15. The Kier molecular flexibility index (Phi) is 7.17. The highest BCUT2D eigenvalue weighted by atomic mass is 32.2. The SMILES string of the molecule is O=C(O)CO[C@H]1CCN(c2ccc(C(=O)NC3C4CC5CC(C4)CC3C5)c(SC3CCCCC3)n2)C1. The van der Waals surface area contributed by atoms with Crippen LogP contribution in [0.5, 0.6) is 0 Å². The Bertz CT molecular complexity index is 954. The first-order valence-electron chi connectivity index (χ1n) is 14.1. The summed E-state index contributed by atoms with van der Waals surface area (Å²) in [5, 5.41) is 13.8. The number of ether oxygens (including phenoxy) is 1. The van der Waals surface area contributed by atoms with Gasteiger partial charge in [0.1, 0.15) is 17.5 Å². The van der Waals surface area contributed by atoms with E-state index < -0.39 is 5.97 Å². The highest BCUT2D eigenvalue weighted by Crippen LogP contribution is 2.53. The average molecular weight is 514 g/mol. The molecule has 5 saturated carbocycles. The van der Waals surface area contributed by atoms with Gasteiger partial charge in [-0.2, -0.15) is 0 Å². The van der Waals surface area contributed by atoms with Gasteiger partial charge in [0.2, 0.25) is 0 Å². The number of carbonyl (C=O) groups excluding carboxylic acids is 1. The number of carboxylic acid groups (broad SMARTS) is 1. The minimum absolute atomic E-state index is 0.0499. The minimum atomic E-state index is -0.938. The number of nitrogens with one attached hydrogen (secondary N) is 1. The molecule has 6 aliphatic rings. The highest BCUT2D eigenvalue weighted by molar-refractivity contribution is 7.99. The molecule has 5 aliphatic carbocycles. The van der Waals surface area contributed by atoms with Crippen LogP contribution in [0.4, 0.5) is 5.82 Å². The summed E-state index contributed by atoms with van der Waals surface area (Å²) in [4.78, 5) is 31.8. The van der Waals surface area contributed by atoms with E-state index in [4.69, 9.17) is 14.8 Å². The molecule has 6 fully saturated rings.